The van der Waals surface area contributed by atoms with Crippen LogP contribution in [-0.2, 0) is 4.79 Å². The summed E-state index contributed by atoms with van der Waals surface area (Å²) in [6.07, 6.45) is 2.44. The van der Waals surface area contributed by atoms with E-state index >= 15 is 0 Å². The van der Waals surface area contributed by atoms with Gasteiger partial charge in [0.2, 0.25) is 5.91 Å². The number of nitrogens with zero attached hydrogens (tertiary/aromatic N) is 1. The zero-order valence-corrected chi connectivity index (χ0v) is 10.4. The zero-order chi connectivity index (χ0) is 12.8. The molecule has 2 aromatic rings. The lowest BCUT2D eigenvalue weighted by molar-refractivity contribution is -0.120. The first-order chi connectivity index (χ1) is 8.64. The molecule has 0 bridgehead atoms. The number of rotatable bonds is 1. The Bertz CT molecular complexity index is 638. The van der Waals surface area contributed by atoms with Crippen molar-refractivity contribution >= 4 is 28.2 Å². The highest BCUT2D eigenvalue weighted by atomic mass is 16.2. The molecule has 2 N–H and O–H groups in total. The van der Waals surface area contributed by atoms with Crippen LogP contribution in [0.4, 0.5) is 11.4 Å². The fourth-order valence-electron chi connectivity index (χ4n) is 2.21. The molecular formula is C14H15N3O. The van der Waals surface area contributed by atoms with Crippen molar-refractivity contribution in [2.75, 3.05) is 10.6 Å². The van der Waals surface area contributed by atoms with Crippen LogP contribution in [0.5, 0.6) is 0 Å². The second-order valence-electron chi connectivity index (χ2n) is 4.83. The molecule has 1 amide bonds. The first kappa shape index (κ1) is 11.0. The third-order valence-electron chi connectivity index (χ3n) is 3.63. The highest BCUT2D eigenvalue weighted by Gasteiger charge is 2.36. The average Bonchev–Trinajstić information content (AvgIpc) is 2.40. The van der Waals surface area contributed by atoms with Gasteiger partial charge in [-0.3, -0.25) is 9.78 Å². The fourth-order valence-corrected chi connectivity index (χ4v) is 2.21. The Balaban J connectivity index is 2.23. The Morgan fingerprint density at radius 3 is 2.89 bits per heavy atom. The number of anilines is 2. The molecule has 0 saturated carbocycles. The fraction of sp³-hybridized carbons (Fsp3) is 0.286. The van der Waals surface area contributed by atoms with Gasteiger partial charge in [-0.1, -0.05) is 25.1 Å². The summed E-state index contributed by atoms with van der Waals surface area (Å²) in [5.41, 5.74) is 2.09. The van der Waals surface area contributed by atoms with Crippen LogP contribution in [0.25, 0.3) is 10.9 Å². The number of aromatic nitrogens is 1. The van der Waals surface area contributed by atoms with Gasteiger partial charge in [-0.15, -0.1) is 0 Å². The van der Waals surface area contributed by atoms with Gasteiger partial charge >= 0.3 is 0 Å². The van der Waals surface area contributed by atoms with E-state index in [0.29, 0.717) is 0 Å². The predicted octanol–water partition coefficient (Wildman–Crippen LogP) is 2.77. The van der Waals surface area contributed by atoms with E-state index in [2.05, 4.69) is 15.6 Å². The van der Waals surface area contributed by atoms with E-state index in [1.165, 1.54) is 0 Å². The van der Waals surface area contributed by atoms with Crippen LogP contribution in [0.15, 0.2) is 30.5 Å². The van der Waals surface area contributed by atoms with E-state index in [9.17, 15) is 4.79 Å². The molecule has 1 unspecified atom stereocenters. The van der Waals surface area contributed by atoms with Gasteiger partial charge in [-0.2, -0.15) is 0 Å². The molecule has 0 aliphatic carbocycles. The summed E-state index contributed by atoms with van der Waals surface area (Å²) < 4.78 is 0. The average molecular weight is 241 g/mol. The lowest BCUT2D eigenvalue weighted by atomic mass is 9.94. The summed E-state index contributed by atoms with van der Waals surface area (Å²) in [7, 11) is 0. The zero-order valence-electron chi connectivity index (χ0n) is 10.4. The Morgan fingerprint density at radius 1 is 1.33 bits per heavy atom. The summed E-state index contributed by atoms with van der Waals surface area (Å²) in [6.45, 7) is 3.92. The number of hydrogen-bond donors (Lipinski definition) is 2. The molecule has 0 fully saturated rings. The molecule has 4 nitrogen and oxygen atoms in total. The maximum atomic E-state index is 12.0. The van der Waals surface area contributed by atoms with E-state index in [1.54, 1.807) is 6.20 Å². The van der Waals surface area contributed by atoms with E-state index in [1.807, 2.05) is 38.1 Å². The molecule has 1 atom stereocenters. The van der Waals surface area contributed by atoms with Crippen molar-refractivity contribution in [1.82, 2.24) is 4.98 Å². The second-order valence-corrected chi connectivity index (χ2v) is 4.83. The Kier molecular flexibility index (Phi) is 2.26. The molecule has 0 radical (unpaired) electrons. The maximum Gasteiger partial charge on any atom is 0.249 e. The minimum Gasteiger partial charge on any atom is -0.369 e. The Hall–Kier alpha value is -2.10. The number of fused-ring (bicyclic) bond motifs is 3. The van der Waals surface area contributed by atoms with Gasteiger partial charge in [0, 0.05) is 5.39 Å². The quantitative estimate of drug-likeness (QED) is 0.807. The largest absolute Gasteiger partial charge is 0.369 e. The van der Waals surface area contributed by atoms with Crippen LogP contribution in [-0.4, -0.2) is 16.4 Å². The summed E-state index contributed by atoms with van der Waals surface area (Å²) in [6, 6.07) is 7.92. The van der Waals surface area contributed by atoms with Crippen molar-refractivity contribution in [1.29, 1.82) is 0 Å². The van der Waals surface area contributed by atoms with Gasteiger partial charge in [-0.05, 0) is 19.4 Å². The SMILES string of the molecule is CCC1(C)Nc2c(cnc3ccccc23)NC1=O. The first-order valence-corrected chi connectivity index (χ1v) is 6.11. The number of carbonyl (C=O) groups excluding carboxylic acids is 1. The molecule has 4 heteroatoms. The molecule has 92 valence electrons. The Morgan fingerprint density at radius 2 is 2.11 bits per heavy atom. The minimum atomic E-state index is -0.558. The van der Waals surface area contributed by atoms with Crippen LogP contribution < -0.4 is 10.6 Å². The van der Waals surface area contributed by atoms with Crippen LogP contribution in [0.2, 0.25) is 0 Å². The number of benzene rings is 1. The number of carbonyl (C=O) groups is 1. The monoisotopic (exact) mass is 241 g/mol. The molecule has 1 aliphatic rings. The van der Waals surface area contributed by atoms with Crippen molar-refractivity contribution in [2.24, 2.45) is 0 Å². The van der Waals surface area contributed by atoms with E-state index < -0.39 is 5.54 Å². The number of nitrogens with one attached hydrogen (secondary N) is 2. The van der Waals surface area contributed by atoms with Crippen molar-refractivity contribution < 1.29 is 4.79 Å². The topological polar surface area (TPSA) is 54.0 Å². The van der Waals surface area contributed by atoms with Gasteiger partial charge in [0.05, 0.1) is 23.1 Å². The number of hydrogen-bond acceptors (Lipinski definition) is 3. The van der Waals surface area contributed by atoms with E-state index in [0.717, 1.165) is 28.7 Å². The molecule has 2 heterocycles. The van der Waals surface area contributed by atoms with Gasteiger partial charge < -0.3 is 10.6 Å². The standard InChI is InChI=1S/C14H15N3O/c1-3-14(2)13(18)16-11-8-15-10-7-5-4-6-9(10)12(11)17-14/h4-8,17H,3H2,1-2H3,(H,16,18). The number of pyridine rings is 1. The van der Waals surface area contributed by atoms with Gasteiger partial charge in [0.15, 0.2) is 0 Å². The molecule has 1 aliphatic heterocycles. The second kappa shape index (κ2) is 3.70. The van der Waals surface area contributed by atoms with Crippen molar-refractivity contribution in [2.45, 2.75) is 25.8 Å². The number of amides is 1. The first-order valence-electron chi connectivity index (χ1n) is 6.11. The van der Waals surface area contributed by atoms with Crippen molar-refractivity contribution in [3.8, 4) is 0 Å². The highest BCUT2D eigenvalue weighted by molar-refractivity contribution is 6.11. The van der Waals surface area contributed by atoms with Gasteiger partial charge in [0.25, 0.3) is 0 Å². The lowest BCUT2D eigenvalue weighted by Crippen LogP contribution is -2.49. The van der Waals surface area contributed by atoms with Crippen molar-refractivity contribution in [3.63, 3.8) is 0 Å². The summed E-state index contributed by atoms with van der Waals surface area (Å²) in [4.78, 5) is 16.4. The van der Waals surface area contributed by atoms with Gasteiger partial charge in [0.1, 0.15) is 5.54 Å². The molecule has 1 aromatic carbocycles. The van der Waals surface area contributed by atoms with Crippen LogP contribution in [0, 0.1) is 0 Å². The molecule has 1 aromatic heterocycles. The third kappa shape index (κ3) is 1.45. The Labute approximate surface area is 105 Å². The summed E-state index contributed by atoms with van der Waals surface area (Å²) in [5.74, 6) is -0.00502. The van der Waals surface area contributed by atoms with E-state index in [-0.39, 0.29) is 5.91 Å². The van der Waals surface area contributed by atoms with Crippen LogP contribution in [0.3, 0.4) is 0 Å². The normalized spacial score (nSPS) is 22.2. The predicted molar refractivity (Wildman–Crippen MR) is 72.7 cm³/mol. The lowest BCUT2D eigenvalue weighted by Gasteiger charge is -2.35. The highest BCUT2D eigenvalue weighted by Crippen LogP contribution is 2.36. The van der Waals surface area contributed by atoms with Crippen molar-refractivity contribution in [3.05, 3.63) is 30.5 Å². The molecule has 18 heavy (non-hydrogen) atoms. The molecular weight excluding hydrogens is 226 g/mol. The van der Waals surface area contributed by atoms with Crippen LogP contribution in [0.1, 0.15) is 20.3 Å². The molecule has 0 saturated heterocycles. The maximum absolute atomic E-state index is 12.0. The summed E-state index contributed by atoms with van der Waals surface area (Å²) in [5, 5.41) is 7.33. The summed E-state index contributed by atoms with van der Waals surface area (Å²) >= 11 is 0. The van der Waals surface area contributed by atoms with Gasteiger partial charge in [-0.25, -0.2) is 0 Å². The smallest absolute Gasteiger partial charge is 0.249 e. The molecule has 0 spiro atoms. The number of para-hydroxylation sites is 1. The third-order valence-corrected chi connectivity index (χ3v) is 3.63. The molecule has 3 rings (SSSR count). The minimum absolute atomic E-state index is 0.00502. The van der Waals surface area contributed by atoms with Crippen LogP contribution >= 0.6 is 0 Å². The van der Waals surface area contributed by atoms with E-state index in [4.69, 9.17) is 0 Å².